The van der Waals surface area contributed by atoms with E-state index < -0.39 is 23.2 Å². The highest BCUT2D eigenvalue weighted by Gasteiger charge is 2.54. The lowest BCUT2D eigenvalue weighted by Gasteiger charge is -2.43. The van der Waals surface area contributed by atoms with Crippen molar-refractivity contribution < 1.29 is 32.3 Å². The van der Waals surface area contributed by atoms with E-state index in [1.807, 2.05) is 35.2 Å². The number of carbonyl (C=O) groups is 3. The first-order chi connectivity index (χ1) is 20.6. The molecule has 3 aromatic rings. The molecule has 0 unspecified atom stereocenters. The van der Waals surface area contributed by atoms with E-state index in [9.17, 15) is 27.6 Å². The number of nitrogens with one attached hydrogen (secondary N) is 2. The number of urea groups is 1. The number of para-hydroxylation sites is 1. The van der Waals surface area contributed by atoms with Crippen molar-refractivity contribution in [3.63, 3.8) is 0 Å². The Morgan fingerprint density at radius 2 is 1.65 bits per heavy atom. The van der Waals surface area contributed by atoms with E-state index in [4.69, 9.17) is 4.74 Å². The Kier molecular flexibility index (Phi) is 8.47. The predicted octanol–water partition coefficient (Wildman–Crippen LogP) is 4.70. The van der Waals surface area contributed by atoms with Crippen molar-refractivity contribution in [1.29, 1.82) is 0 Å². The van der Waals surface area contributed by atoms with Crippen LogP contribution in [-0.2, 0) is 22.3 Å². The Hall–Kier alpha value is -4.74. The smallest absolute Gasteiger partial charge is 0.416 e. The van der Waals surface area contributed by atoms with Gasteiger partial charge in [-0.15, -0.1) is 0 Å². The van der Waals surface area contributed by atoms with Crippen molar-refractivity contribution in [2.45, 2.75) is 31.1 Å². The average molecular weight is 596 g/mol. The van der Waals surface area contributed by atoms with Crippen LogP contribution in [0.4, 0.5) is 29.3 Å². The summed E-state index contributed by atoms with van der Waals surface area (Å²) in [6, 6.07) is 20.9. The fourth-order valence-corrected chi connectivity index (χ4v) is 5.57. The molecule has 0 bridgehead atoms. The molecule has 0 radical (unpaired) electrons. The molecule has 2 heterocycles. The van der Waals surface area contributed by atoms with Gasteiger partial charge in [0.15, 0.2) is 0 Å². The fraction of sp³-hybridized carbons (Fsp3) is 0.323. The molecule has 43 heavy (non-hydrogen) atoms. The highest BCUT2D eigenvalue weighted by molar-refractivity contribution is 5.97. The van der Waals surface area contributed by atoms with E-state index in [1.54, 1.807) is 36.3 Å². The minimum atomic E-state index is -4.48. The number of hydrogen-bond acceptors (Lipinski definition) is 5. The third-order valence-corrected chi connectivity index (χ3v) is 7.88. The van der Waals surface area contributed by atoms with Crippen molar-refractivity contribution in [1.82, 2.24) is 15.1 Å². The number of amides is 4. The van der Waals surface area contributed by atoms with Gasteiger partial charge in [0.25, 0.3) is 5.91 Å². The topological polar surface area (TPSA) is 94.2 Å². The second-order valence-electron chi connectivity index (χ2n) is 10.6. The molecule has 0 saturated carbocycles. The minimum Gasteiger partial charge on any atom is -0.497 e. The fourth-order valence-electron chi connectivity index (χ4n) is 5.57. The molecule has 2 fully saturated rings. The number of alkyl halides is 3. The average Bonchev–Trinajstić information content (AvgIpc) is 3.27. The summed E-state index contributed by atoms with van der Waals surface area (Å²) < 4.78 is 44.3. The molecule has 2 aliphatic rings. The number of nitrogens with zero attached hydrogens (tertiary/aromatic N) is 3. The lowest BCUT2D eigenvalue weighted by Crippen LogP contribution is -2.58. The zero-order chi connectivity index (χ0) is 30.6. The summed E-state index contributed by atoms with van der Waals surface area (Å²) in [5, 5.41) is 5.51. The minimum absolute atomic E-state index is 0.101. The molecule has 0 aromatic heterocycles. The standard InChI is InChI=1S/C31H32F3N5O4/c1-43-26-12-10-24(11-13-26)36-29(42)37-16-14-30(15-17-37)28(41)38(21-39(30)25-8-3-2-4-9-25)20-27(40)35-19-22-6-5-7-23(18-22)31(32,33)34/h2-13,18H,14-17,19-21H2,1H3,(H,35,40)(H,36,42). The second-order valence-corrected chi connectivity index (χ2v) is 10.6. The Bertz CT molecular complexity index is 1460. The van der Waals surface area contributed by atoms with E-state index in [0.717, 1.165) is 17.8 Å². The van der Waals surface area contributed by atoms with Crippen LogP contribution in [0.3, 0.4) is 0 Å². The van der Waals surface area contributed by atoms with E-state index in [2.05, 4.69) is 10.6 Å². The van der Waals surface area contributed by atoms with Crippen molar-refractivity contribution in [3.05, 3.63) is 90.0 Å². The Labute approximate surface area is 247 Å². The lowest BCUT2D eigenvalue weighted by molar-refractivity contribution is -0.138. The third kappa shape index (κ3) is 6.52. The summed E-state index contributed by atoms with van der Waals surface area (Å²) in [5.41, 5.74) is 0.00619. The van der Waals surface area contributed by atoms with Gasteiger partial charge in [-0.1, -0.05) is 30.3 Å². The molecular weight excluding hydrogens is 563 g/mol. The van der Waals surface area contributed by atoms with Gasteiger partial charge in [0.05, 0.1) is 19.3 Å². The maximum absolute atomic E-state index is 13.9. The molecule has 9 nitrogen and oxygen atoms in total. The number of piperidine rings is 1. The molecule has 0 aliphatic carbocycles. The molecule has 2 saturated heterocycles. The van der Waals surface area contributed by atoms with E-state index >= 15 is 0 Å². The molecule has 3 aromatic carbocycles. The van der Waals surface area contributed by atoms with E-state index in [-0.39, 0.29) is 31.7 Å². The molecule has 4 amide bonds. The van der Waals surface area contributed by atoms with Gasteiger partial charge in [0, 0.05) is 31.0 Å². The van der Waals surface area contributed by atoms with Crippen LogP contribution in [-0.4, -0.2) is 66.6 Å². The van der Waals surface area contributed by atoms with Crippen molar-refractivity contribution in [2.24, 2.45) is 0 Å². The quantitative estimate of drug-likeness (QED) is 0.413. The monoisotopic (exact) mass is 595 g/mol. The molecular formula is C31H32F3N5O4. The Morgan fingerprint density at radius 3 is 2.30 bits per heavy atom. The number of halogens is 3. The number of likely N-dealkylation sites (tertiary alicyclic amines) is 1. The maximum Gasteiger partial charge on any atom is 0.416 e. The van der Waals surface area contributed by atoms with Gasteiger partial charge in [-0.3, -0.25) is 9.59 Å². The van der Waals surface area contributed by atoms with Gasteiger partial charge >= 0.3 is 12.2 Å². The first-order valence-electron chi connectivity index (χ1n) is 13.8. The number of methoxy groups -OCH3 is 1. The second kappa shape index (κ2) is 12.2. The van der Waals surface area contributed by atoms with Crippen LogP contribution in [0, 0.1) is 0 Å². The van der Waals surface area contributed by atoms with E-state index in [0.29, 0.717) is 42.9 Å². The van der Waals surface area contributed by atoms with Crippen LogP contribution in [0.25, 0.3) is 0 Å². The zero-order valence-corrected chi connectivity index (χ0v) is 23.6. The van der Waals surface area contributed by atoms with Crippen molar-refractivity contribution in [3.8, 4) is 5.75 Å². The van der Waals surface area contributed by atoms with E-state index in [1.165, 1.54) is 17.0 Å². The molecule has 2 aliphatic heterocycles. The molecule has 226 valence electrons. The van der Waals surface area contributed by atoms with Gasteiger partial charge in [-0.05, 0) is 66.9 Å². The normalized spacial score (nSPS) is 16.4. The number of ether oxygens (including phenoxy) is 1. The summed E-state index contributed by atoms with van der Waals surface area (Å²) in [4.78, 5) is 44.9. The van der Waals surface area contributed by atoms with Gasteiger partial charge < -0.3 is 30.1 Å². The summed E-state index contributed by atoms with van der Waals surface area (Å²) in [6.45, 7) is 0.471. The largest absolute Gasteiger partial charge is 0.497 e. The molecule has 1 spiro atoms. The van der Waals surface area contributed by atoms with Crippen LogP contribution in [0.2, 0.25) is 0 Å². The van der Waals surface area contributed by atoms with Gasteiger partial charge in [-0.2, -0.15) is 13.2 Å². The van der Waals surface area contributed by atoms with Crippen molar-refractivity contribution in [2.75, 3.05) is 43.6 Å². The van der Waals surface area contributed by atoms with Crippen molar-refractivity contribution >= 4 is 29.2 Å². The molecule has 2 N–H and O–H groups in total. The number of hydrogen-bond donors (Lipinski definition) is 2. The van der Waals surface area contributed by atoms with Crippen LogP contribution in [0.5, 0.6) is 5.75 Å². The Morgan fingerprint density at radius 1 is 0.953 bits per heavy atom. The maximum atomic E-state index is 13.9. The molecule has 12 heteroatoms. The number of benzene rings is 3. The summed E-state index contributed by atoms with van der Waals surface area (Å²) >= 11 is 0. The third-order valence-electron chi connectivity index (χ3n) is 7.88. The SMILES string of the molecule is COc1ccc(NC(=O)N2CCC3(CC2)C(=O)N(CC(=O)NCc2cccc(C(F)(F)F)c2)CN3c2ccccc2)cc1. The first kappa shape index (κ1) is 29.7. The summed E-state index contributed by atoms with van der Waals surface area (Å²) in [7, 11) is 1.56. The summed E-state index contributed by atoms with van der Waals surface area (Å²) in [6.07, 6.45) is -3.76. The molecule has 0 atom stereocenters. The van der Waals surface area contributed by atoms with Gasteiger partial charge in [0.1, 0.15) is 17.8 Å². The number of anilines is 2. The number of rotatable bonds is 7. The highest BCUT2D eigenvalue weighted by Crippen LogP contribution is 2.39. The zero-order valence-electron chi connectivity index (χ0n) is 23.6. The molecule has 5 rings (SSSR count). The van der Waals surface area contributed by atoms with Crippen LogP contribution < -0.4 is 20.3 Å². The number of carbonyl (C=O) groups excluding carboxylic acids is 3. The highest BCUT2D eigenvalue weighted by atomic mass is 19.4. The predicted molar refractivity (Wildman–Crippen MR) is 154 cm³/mol. The first-order valence-corrected chi connectivity index (χ1v) is 13.8. The van der Waals surface area contributed by atoms with Gasteiger partial charge in [-0.25, -0.2) is 4.79 Å². The van der Waals surface area contributed by atoms with Crippen LogP contribution in [0.15, 0.2) is 78.9 Å². The van der Waals surface area contributed by atoms with Crippen LogP contribution >= 0.6 is 0 Å². The summed E-state index contributed by atoms with van der Waals surface area (Å²) in [5.74, 6) is -0.0273. The van der Waals surface area contributed by atoms with Gasteiger partial charge in [0.2, 0.25) is 5.91 Å². The Balaban J connectivity index is 1.25. The lowest BCUT2D eigenvalue weighted by atomic mass is 9.85. The van der Waals surface area contributed by atoms with Crippen LogP contribution in [0.1, 0.15) is 24.0 Å².